The molecule has 1 aliphatic heterocycles. The minimum Gasteiger partial charge on any atom is -0.351 e. The first kappa shape index (κ1) is 21.0. The summed E-state index contributed by atoms with van der Waals surface area (Å²) in [6, 6.07) is 24.8. The maximum absolute atomic E-state index is 5.90. The fourth-order valence-corrected chi connectivity index (χ4v) is 5.90. The molecular weight excluding hydrogens is 458 g/mol. The molecule has 1 aliphatic rings. The van der Waals surface area contributed by atoms with E-state index in [1.165, 1.54) is 15.8 Å². The summed E-state index contributed by atoms with van der Waals surface area (Å²) in [6.45, 7) is 4.27. The molecule has 4 heterocycles. The summed E-state index contributed by atoms with van der Waals surface area (Å²) in [4.78, 5) is 11.8. The number of fused-ring (bicyclic) bond motifs is 1. The van der Waals surface area contributed by atoms with Gasteiger partial charge in [0.05, 0.1) is 27.6 Å². The van der Waals surface area contributed by atoms with Crippen molar-refractivity contribution < 1.29 is 0 Å². The second-order valence-electron chi connectivity index (χ2n) is 8.53. The molecule has 168 valence electrons. The Balaban J connectivity index is 1.52. The van der Waals surface area contributed by atoms with E-state index in [0.717, 1.165) is 27.7 Å². The molecule has 0 spiro atoms. The minimum absolute atomic E-state index is 0.0912. The first-order valence-electron chi connectivity index (χ1n) is 11.2. The Labute approximate surface area is 207 Å². The minimum atomic E-state index is -0.0988. The summed E-state index contributed by atoms with van der Waals surface area (Å²) >= 11 is 7.60. The molecule has 7 heteroatoms. The van der Waals surface area contributed by atoms with Crippen LogP contribution in [0.5, 0.6) is 0 Å². The van der Waals surface area contributed by atoms with Crippen LogP contribution in [0.4, 0.5) is 5.69 Å². The molecular formula is C27H23N5S2. The predicted octanol–water partition coefficient (Wildman–Crippen LogP) is 6.28. The summed E-state index contributed by atoms with van der Waals surface area (Å²) in [6.07, 6.45) is 3.92. The van der Waals surface area contributed by atoms with Crippen molar-refractivity contribution in [3.8, 4) is 5.13 Å². The van der Waals surface area contributed by atoms with Crippen LogP contribution in [0.15, 0.2) is 85.2 Å². The van der Waals surface area contributed by atoms with Crippen molar-refractivity contribution in [2.75, 3.05) is 4.90 Å². The third kappa shape index (κ3) is 3.48. The predicted molar refractivity (Wildman–Crippen MR) is 143 cm³/mol. The number of thiocarbonyl (C=S) groups is 1. The lowest BCUT2D eigenvalue weighted by Gasteiger charge is -2.29. The lowest BCUT2D eigenvalue weighted by molar-refractivity contribution is 0.549. The number of rotatable bonds is 4. The Morgan fingerprint density at radius 3 is 2.59 bits per heavy atom. The number of benzene rings is 2. The smallest absolute Gasteiger partial charge is 0.194 e. The van der Waals surface area contributed by atoms with Crippen LogP contribution < -0.4 is 10.2 Å². The topological polar surface area (TPSA) is 46.0 Å². The summed E-state index contributed by atoms with van der Waals surface area (Å²) in [5, 5.41) is 5.20. The standard InChI is InChI=1S/C27H23N5S2/c1-17-12-13-19(16-18(17)2)32-25(24(30-26(32)33)21-9-5-6-14-28-21)22-10-7-15-31(22)27-29-20-8-3-4-11-23(20)34-27/h3-16,24-25H,1-2H3,(H,30,33)/t24-,25-/m0/s1. The Morgan fingerprint density at radius 2 is 1.79 bits per heavy atom. The molecule has 5 aromatic rings. The quantitative estimate of drug-likeness (QED) is 0.306. The highest BCUT2D eigenvalue weighted by molar-refractivity contribution is 7.80. The van der Waals surface area contributed by atoms with Gasteiger partial charge >= 0.3 is 0 Å². The molecule has 5 nitrogen and oxygen atoms in total. The summed E-state index contributed by atoms with van der Waals surface area (Å²) in [5.41, 5.74) is 6.65. The van der Waals surface area contributed by atoms with E-state index in [-0.39, 0.29) is 12.1 Å². The van der Waals surface area contributed by atoms with Crippen LogP contribution >= 0.6 is 23.6 Å². The molecule has 0 saturated carbocycles. The van der Waals surface area contributed by atoms with Crippen LogP contribution in [0.2, 0.25) is 0 Å². The van der Waals surface area contributed by atoms with Crippen LogP contribution in [0.25, 0.3) is 15.3 Å². The second-order valence-corrected chi connectivity index (χ2v) is 9.93. The number of thiazole rings is 1. The molecule has 1 saturated heterocycles. The molecule has 2 atom stereocenters. The molecule has 1 N–H and O–H groups in total. The fraction of sp³-hybridized carbons (Fsp3) is 0.148. The van der Waals surface area contributed by atoms with Crippen LogP contribution in [0, 0.1) is 13.8 Å². The number of hydrogen-bond donors (Lipinski definition) is 1. The van der Waals surface area contributed by atoms with Crippen molar-refractivity contribution in [2.45, 2.75) is 25.9 Å². The van der Waals surface area contributed by atoms with Gasteiger partial charge in [0.1, 0.15) is 6.04 Å². The van der Waals surface area contributed by atoms with E-state index >= 15 is 0 Å². The number of aromatic nitrogens is 3. The number of aryl methyl sites for hydroxylation is 2. The Hall–Kier alpha value is -3.55. The molecule has 2 aromatic carbocycles. The molecule has 0 bridgehead atoms. The summed E-state index contributed by atoms with van der Waals surface area (Å²) < 4.78 is 3.36. The monoisotopic (exact) mass is 481 g/mol. The summed E-state index contributed by atoms with van der Waals surface area (Å²) in [5.74, 6) is 0. The zero-order valence-corrected chi connectivity index (χ0v) is 20.5. The van der Waals surface area contributed by atoms with E-state index in [1.807, 2.05) is 24.4 Å². The maximum Gasteiger partial charge on any atom is 0.194 e. The average molecular weight is 482 g/mol. The molecule has 0 aliphatic carbocycles. The number of anilines is 1. The Bertz CT molecular complexity index is 1470. The highest BCUT2D eigenvalue weighted by Gasteiger charge is 2.42. The normalized spacial score (nSPS) is 17.9. The zero-order chi connectivity index (χ0) is 23.2. The van der Waals surface area contributed by atoms with Gasteiger partial charge < -0.3 is 10.2 Å². The van der Waals surface area contributed by atoms with Gasteiger partial charge in [-0.25, -0.2) is 4.98 Å². The largest absolute Gasteiger partial charge is 0.351 e. The number of hydrogen-bond acceptors (Lipinski definition) is 4. The van der Waals surface area contributed by atoms with Crippen molar-refractivity contribution in [1.29, 1.82) is 0 Å². The number of pyridine rings is 1. The van der Waals surface area contributed by atoms with Gasteiger partial charge in [-0.3, -0.25) is 9.55 Å². The van der Waals surface area contributed by atoms with Gasteiger partial charge in [0.2, 0.25) is 0 Å². The van der Waals surface area contributed by atoms with Crippen molar-refractivity contribution >= 4 is 44.6 Å². The SMILES string of the molecule is Cc1ccc(N2C(=S)N[C@@H](c3ccccn3)[C@@H]2c2cccn2-c2nc3ccccc3s2)cc1C. The molecule has 1 fully saturated rings. The molecule has 6 rings (SSSR count). The third-order valence-electron chi connectivity index (χ3n) is 6.44. The van der Waals surface area contributed by atoms with E-state index in [4.69, 9.17) is 17.2 Å². The third-order valence-corrected chi connectivity index (χ3v) is 7.79. The van der Waals surface area contributed by atoms with Crippen molar-refractivity contribution in [3.05, 3.63) is 108 Å². The highest BCUT2D eigenvalue weighted by atomic mass is 32.1. The van der Waals surface area contributed by atoms with E-state index in [2.05, 4.69) is 94.4 Å². The van der Waals surface area contributed by atoms with E-state index in [9.17, 15) is 0 Å². The number of para-hydroxylation sites is 1. The number of nitrogens with one attached hydrogen (secondary N) is 1. The molecule has 34 heavy (non-hydrogen) atoms. The lowest BCUT2D eigenvalue weighted by Crippen LogP contribution is -2.30. The van der Waals surface area contributed by atoms with Crippen molar-refractivity contribution in [2.24, 2.45) is 0 Å². The van der Waals surface area contributed by atoms with Gasteiger partial charge in [-0.2, -0.15) is 0 Å². The van der Waals surface area contributed by atoms with Gasteiger partial charge in [0.15, 0.2) is 10.2 Å². The van der Waals surface area contributed by atoms with E-state index < -0.39 is 0 Å². The van der Waals surface area contributed by atoms with Gasteiger partial charge in [0.25, 0.3) is 0 Å². The molecule has 3 aromatic heterocycles. The van der Waals surface area contributed by atoms with Gasteiger partial charge in [0, 0.05) is 18.1 Å². The number of nitrogens with zero attached hydrogens (tertiary/aromatic N) is 4. The van der Waals surface area contributed by atoms with Gasteiger partial charge in [-0.05, 0) is 85.7 Å². The van der Waals surface area contributed by atoms with Crippen LogP contribution in [0.3, 0.4) is 0 Å². The van der Waals surface area contributed by atoms with E-state index in [0.29, 0.717) is 5.11 Å². The van der Waals surface area contributed by atoms with Crippen molar-refractivity contribution in [1.82, 2.24) is 19.9 Å². The fourth-order valence-electron chi connectivity index (χ4n) is 4.58. The van der Waals surface area contributed by atoms with Crippen LogP contribution in [-0.4, -0.2) is 19.6 Å². The highest BCUT2D eigenvalue weighted by Crippen LogP contribution is 2.43. The van der Waals surface area contributed by atoms with Crippen LogP contribution in [0.1, 0.15) is 34.6 Å². The molecule has 0 amide bonds. The molecule has 0 radical (unpaired) electrons. The first-order chi connectivity index (χ1) is 16.6. The van der Waals surface area contributed by atoms with Crippen LogP contribution in [-0.2, 0) is 0 Å². The van der Waals surface area contributed by atoms with Gasteiger partial charge in [-0.15, -0.1) is 0 Å². The summed E-state index contributed by atoms with van der Waals surface area (Å²) in [7, 11) is 0. The molecule has 0 unspecified atom stereocenters. The maximum atomic E-state index is 5.90. The zero-order valence-electron chi connectivity index (χ0n) is 18.8. The Morgan fingerprint density at radius 1 is 0.941 bits per heavy atom. The second kappa shape index (κ2) is 8.34. The lowest BCUT2D eigenvalue weighted by atomic mass is 10.0. The van der Waals surface area contributed by atoms with Crippen molar-refractivity contribution in [3.63, 3.8) is 0 Å². The Kier molecular flexibility index (Phi) is 5.16. The average Bonchev–Trinajstić information content (AvgIpc) is 3.57. The van der Waals surface area contributed by atoms with E-state index in [1.54, 1.807) is 11.3 Å². The first-order valence-corrected chi connectivity index (χ1v) is 12.4. The van der Waals surface area contributed by atoms with Gasteiger partial charge in [-0.1, -0.05) is 35.6 Å².